The zero-order chi connectivity index (χ0) is 24.7. The van der Waals surface area contributed by atoms with Gasteiger partial charge in [0.05, 0.1) is 12.2 Å². The second-order valence-corrected chi connectivity index (χ2v) is 10.4. The van der Waals surface area contributed by atoms with E-state index in [4.69, 9.17) is 14.0 Å². The van der Waals surface area contributed by atoms with Crippen LogP contribution in [0.1, 0.15) is 24.0 Å². The Balaban J connectivity index is 1.55. The zero-order valence-corrected chi connectivity index (χ0v) is 18.0. The van der Waals surface area contributed by atoms with Crippen molar-refractivity contribution in [2.75, 3.05) is 0 Å². The Labute approximate surface area is 190 Å². The van der Waals surface area contributed by atoms with E-state index in [1.54, 1.807) is 30.3 Å². The van der Waals surface area contributed by atoms with E-state index >= 15 is 0 Å². The fourth-order valence-electron chi connectivity index (χ4n) is 5.63. The molecule has 34 heavy (non-hydrogen) atoms. The molecule has 3 aliphatic rings. The molecule has 0 radical (unpaired) electrons. The van der Waals surface area contributed by atoms with E-state index in [0.29, 0.717) is 11.6 Å². The molecular formula is C22H18F6O5S. The summed E-state index contributed by atoms with van der Waals surface area (Å²) in [6.45, 7) is 0. The molecule has 2 aliphatic carbocycles. The molecule has 0 spiro atoms. The minimum Gasteiger partial charge on any atom is -0.336 e. The standard InChI is InChI=1S/C22H18F6O5S/c23-14-8-13(9-15(24)10-14)20(12-4-2-1-3-5-12)32-18-11-6-16(19(18)33-20)17(7-11)21(25,26)22(27,28)34(29,30)31/h1-5,8-11,16-19H,6-7H2,(H,29,30,31). The van der Waals surface area contributed by atoms with Crippen LogP contribution in [0.4, 0.5) is 26.3 Å². The molecule has 5 rings (SSSR count). The van der Waals surface area contributed by atoms with Gasteiger partial charge in [0.2, 0.25) is 5.79 Å². The number of fused-ring (bicyclic) bond motifs is 5. The first-order valence-corrected chi connectivity index (χ1v) is 11.8. The molecule has 2 saturated carbocycles. The second kappa shape index (κ2) is 7.42. The lowest BCUT2D eigenvalue weighted by Gasteiger charge is -2.36. The number of ether oxygens (including phenoxy) is 2. The van der Waals surface area contributed by atoms with Gasteiger partial charge < -0.3 is 9.47 Å². The minimum atomic E-state index is -6.39. The molecular weight excluding hydrogens is 490 g/mol. The van der Waals surface area contributed by atoms with Crippen LogP contribution in [0.5, 0.6) is 0 Å². The first kappa shape index (κ1) is 23.6. The molecule has 12 heteroatoms. The van der Waals surface area contributed by atoms with Gasteiger partial charge in [-0.3, -0.25) is 4.55 Å². The van der Waals surface area contributed by atoms with E-state index in [0.717, 1.165) is 12.1 Å². The van der Waals surface area contributed by atoms with E-state index in [1.807, 2.05) is 0 Å². The summed E-state index contributed by atoms with van der Waals surface area (Å²) in [6.07, 6.45) is -2.55. The van der Waals surface area contributed by atoms with Crippen LogP contribution in [-0.2, 0) is 25.4 Å². The van der Waals surface area contributed by atoms with Gasteiger partial charge in [0, 0.05) is 23.1 Å². The molecule has 0 amide bonds. The molecule has 6 unspecified atom stereocenters. The summed E-state index contributed by atoms with van der Waals surface area (Å²) < 4.78 is 129. The van der Waals surface area contributed by atoms with Crippen LogP contribution in [0.3, 0.4) is 0 Å². The maximum absolute atomic E-state index is 14.8. The number of hydrogen-bond donors (Lipinski definition) is 1. The Morgan fingerprint density at radius 2 is 1.47 bits per heavy atom. The molecule has 5 nitrogen and oxygen atoms in total. The van der Waals surface area contributed by atoms with Crippen LogP contribution in [0.15, 0.2) is 48.5 Å². The van der Waals surface area contributed by atoms with Crippen molar-refractivity contribution in [1.29, 1.82) is 0 Å². The normalized spacial score (nSPS) is 33.3. The fraction of sp³-hybridized carbons (Fsp3) is 0.455. The molecule has 184 valence electrons. The van der Waals surface area contributed by atoms with E-state index in [1.165, 1.54) is 0 Å². The quantitative estimate of drug-likeness (QED) is 0.468. The van der Waals surface area contributed by atoms with Crippen molar-refractivity contribution in [1.82, 2.24) is 0 Å². The Hall–Kier alpha value is -2.15. The highest BCUT2D eigenvalue weighted by molar-refractivity contribution is 7.87. The molecule has 6 atom stereocenters. The van der Waals surface area contributed by atoms with Crippen molar-refractivity contribution in [2.24, 2.45) is 17.8 Å². The third kappa shape index (κ3) is 3.22. The maximum Gasteiger partial charge on any atom is 0.431 e. The summed E-state index contributed by atoms with van der Waals surface area (Å²) in [4.78, 5) is 0. The SMILES string of the molecule is O=S(=O)(O)C(F)(F)C(F)(F)C1CC2CC1C1OC(c3ccccc3)(c3cc(F)cc(F)c3)OC21. The summed E-state index contributed by atoms with van der Waals surface area (Å²) in [7, 11) is -6.39. The summed E-state index contributed by atoms with van der Waals surface area (Å²) in [6, 6.07) is 10.5. The zero-order valence-electron chi connectivity index (χ0n) is 17.2. The van der Waals surface area contributed by atoms with Gasteiger partial charge in [-0.1, -0.05) is 30.3 Å². The van der Waals surface area contributed by atoms with Crippen LogP contribution in [-0.4, -0.2) is 36.4 Å². The van der Waals surface area contributed by atoms with Crippen molar-refractivity contribution < 1.29 is 48.8 Å². The first-order valence-electron chi connectivity index (χ1n) is 10.4. The monoisotopic (exact) mass is 508 g/mol. The van der Waals surface area contributed by atoms with Crippen LogP contribution in [0, 0.1) is 29.4 Å². The van der Waals surface area contributed by atoms with Crippen LogP contribution in [0.25, 0.3) is 0 Å². The largest absolute Gasteiger partial charge is 0.431 e. The third-order valence-corrected chi connectivity index (χ3v) is 7.96. The second-order valence-electron chi connectivity index (χ2n) is 8.92. The van der Waals surface area contributed by atoms with Crippen molar-refractivity contribution in [3.8, 4) is 0 Å². The van der Waals surface area contributed by atoms with E-state index < -0.39 is 75.1 Å². The topological polar surface area (TPSA) is 72.8 Å². The average Bonchev–Trinajstić information content (AvgIpc) is 3.43. The summed E-state index contributed by atoms with van der Waals surface area (Å²) in [5.74, 6) is -12.9. The van der Waals surface area contributed by atoms with Crippen molar-refractivity contribution >= 4 is 10.1 Å². The van der Waals surface area contributed by atoms with Crippen LogP contribution >= 0.6 is 0 Å². The Bertz CT molecular complexity index is 1200. The predicted octanol–water partition coefficient (Wildman–Crippen LogP) is 4.72. The maximum atomic E-state index is 14.8. The Kier molecular flexibility index (Phi) is 5.15. The van der Waals surface area contributed by atoms with Gasteiger partial charge in [0.15, 0.2) is 0 Å². The van der Waals surface area contributed by atoms with Gasteiger partial charge in [-0.05, 0) is 36.8 Å². The molecule has 3 fully saturated rings. The first-order chi connectivity index (χ1) is 15.8. The van der Waals surface area contributed by atoms with E-state index in [-0.39, 0.29) is 12.0 Å². The van der Waals surface area contributed by atoms with Crippen molar-refractivity contribution in [2.45, 2.75) is 42.0 Å². The highest BCUT2D eigenvalue weighted by atomic mass is 32.2. The highest BCUT2D eigenvalue weighted by Gasteiger charge is 2.75. The Morgan fingerprint density at radius 1 is 0.882 bits per heavy atom. The number of hydrogen-bond acceptors (Lipinski definition) is 4. The van der Waals surface area contributed by atoms with Gasteiger partial charge in [-0.15, -0.1) is 0 Å². The summed E-state index contributed by atoms with van der Waals surface area (Å²) >= 11 is 0. The average molecular weight is 508 g/mol. The lowest BCUT2D eigenvalue weighted by molar-refractivity contribution is -0.212. The molecule has 1 heterocycles. The molecule has 2 aromatic carbocycles. The van der Waals surface area contributed by atoms with Crippen molar-refractivity contribution in [3.05, 3.63) is 71.3 Å². The van der Waals surface area contributed by atoms with Gasteiger partial charge in [0.25, 0.3) is 0 Å². The molecule has 1 N–H and O–H groups in total. The van der Waals surface area contributed by atoms with Crippen LogP contribution < -0.4 is 0 Å². The summed E-state index contributed by atoms with van der Waals surface area (Å²) in [5.41, 5.74) is 0.219. The van der Waals surface area contributed by atoms with Gasteiger partial charge in [0.1, 0.15) is 11.6 Å². The van der Waals surface area contributed by atoms with Gasteiger partial charge in [-0.2, -0.15) is 26.0 Å². The molecule has 2 bridgehead atoms. The number of alkyl halides is 4. The van der Waals surface area contributed by atoms with Crippen LogP contribution in [0.2, 0.25) is 0 Å². The predicted molar refractivity (Wildman–Crippen MR) is 104 cm³/mol. The van der Waals surface area contributed by atoms with Crippen molar-refractivity contribution in [3.63, 3.8) is 0 Å². The summed E-state index contributed by atoms with van der Waals surface area (Å²) in [5, 5.41) is -5.70. The van der Waals surface area contributed by atoms with Gasteiger partial charge in [-0.25, -0.2) is 8.78 Å². The fourth-order valence-corrected chi connectivity index (χ4v) is 6.12. The van der Waals surface area contributed by atoms with E-state index in [2.05, 4.69) is 0 Å². The highest BCUT2D eigenvalue weighted by Crippen LogP contribution is 2.63. The molecule has 0 aromatic heterocycles. The molecule has 2 aromatic rings. The molecule has 1 aliphatic heterocycles. The number of rotatable bonds is 5. The minimum absolute atomic E-state index is 0.000468. The molecule has 1 saturated heterocycles. The third-order valence-electron chi connectivity index (χ3n) is 7.04. The van der Waals surface area contributed by atoms with E-state index in [9.17, 15) is 34.8 Å². The van der Waals surface area contributed by atoms with Gasteiger partial charge >= 0.3 is 21.3 Å². The lowest BCUT2D eigenvalue weighted by Crippen LogP contribution is -2.55. The number of benzene rings is 2. The number of halogens is 6. The smallest absolute Gasteiger partial charge is 0.336 e. The Morgan fingerprint density at radius 3 is 2.06 bits per heavy atom. The lowest BCUT2D eigenvalue weighted by atomic mass is 9.81.